The Labute approximate surface area is 150 Å². The van der Waals surface area contributed by atoms with Gasteiger partial charge in [0, 0.05) is 50.3 Å². The number of pyridine rings is 1. The van der Waals surface area contributed by atoms with Crippen LogP contribution in [0.15, 0.2) is 48.0 Å². The molecule has 0 bridgehead atoms. The molecule has 1 aliphatic rings. The van der Waals surface area contributed by atoms with E-state index in [2.05, 4.69) is 15.3 Å². The van der Waals surface area contributed by atoms with Crippen LogP contribution >= 0.6 is 0 Å². The number of amides is 1. The lowest BCUT2D eigenvalue weighted by atomic mass is 10.1. The Kier molecular flexibility index (Phi) is 4.16. The van der Waals surface area contributed by atoms with E-state index in [0.717, 1.165) is 24.9 Å². The minimum absolute atomic E-state index is 0.0240. The number of carbonyl (C=O) groups is 1. The Morgan fingerprint density at radius 2 is 2.23 bits per heavy atom. The molecule has 8 nitrogen and oxygen atoms in total. The predicted molar refractivity (Wildman–Crippen MR) is 97.4 cm³/mol. The zero-order valence-corrected chi connectivity index (χ0v) is 14.5. The van der Waals surface area contributed by atoms with Gasteiger partial charge in [-0.2, -0.15) is 0 Å². The summed E-state index contributed by atoms with van der Waals surface area (Å²) in [6, 6.07) is 3.57. The molecule has 4 rings (SSSR count). The Morgan fingerprint density at radius 3 is 3.12 bits per heavy atom. The molecule has 0 radical (unpaired) electrons. The SMILES string of the molecule is Cn1ccnc(N2CCC[C@@H](NC(=O)c3ccn4cncc4c3)C2)c1=O. The molecular formula is C18H20N6O2. The Balaban J connectivity index is 1.48. The molecule has 0 spiro atoms. The van der Waals surface area contributed by atoms with E-state index in [1.807, 2.05) is 21.6 Å². The topological polar surface area (TPSA) is 84.5 Å². The highest BCUT2D eigenvalue weighted by atomic mass is 16.2. The molecule has 8 heteroatoms. The summed E-state index contributed by atoms with van der Waals surface area (Å²) in [5.41, 5.74) is 1.36. The number of anilines is 1. The van der Waals surface area contributed by atoms with Gasteiger partial charge in [0.25, 0.3) is 11.5 Å². The smallest absolute Gasteiger partial charge is 0.293 e. The number of aryl methyl sites for hydroxylation is 1. The lowest BCUT2D eigenvalue weighted by Crippen LogP contribution is -2.49. The van der Waals surface area contributed by atoms with E-state index in [4.69, 9.17) is 0 Å². The van der Waals surface area contributed by atoms with Crippen LogP contribution in [0.4, 0.5) is 5.82 Å². The number of hydrogen-bond donors (Lipinski definition) is 1. The number of rotatable bonds is 3. The maximum absolute atomic E-state index is 12.6. The van der Waals surface area contributed by atoms with Crippen molar-refractivity contribution >= 4 is 17.2 Å². The second-order valence-corrected chi connectivity index (χ2v) is 6.57. The third-order valence-corrected chi connectivity index (χ3v) is 4.73. The number of nitrogens with zero attached hydrogens (tertiary/aromatic N) is 5. The normalized spacial score (nSPS) is 17.4. The fraction of sp³-hybridized carbons (Fsp3) is 0.333. The van der Waals surface area contributed by atoms with Crippen molar-refractivity contribution in [3.05, 3.63) is 59.2 Å². The first kappa shape index (κ1) is 16.3. The van der Waals surface area contributed by atoms with Crippen LogP contribution in [0.25, 0.3) is 5.52 Å². The molecule has 134 valence electrons. The largest absolute Gasteiger partial charge is 0.350 e. The highest BCUT2D eigenvalue weighted by Crippen LogP contribution is 2.15. The summed E-state index contributed by atoms with van der Waals surface area (Å²) in [5, 5.41) is 3.08. The minimum Gasteiger partial charge on any atom is -0.350 e. The monoisotopic (exact) mass is 352 g/mol. The summed E-state index contributed by atoms with van der Waals surface area (Å²) in [6.45, 7) is 1.34. The average Bonchev–Trinajstić information content (AvgIpc) is 3.12. The van der Waals surface area contributed by atoms with E-state index in [0.29, 0.717) is 17.9 Å². The minimum atomic E-state index is -0.120. The Morgan fingerprint density at radius 1 is 1.35 bits per heavy atom. The van der Waals surface area contributed by atoms with Crippen LogP contribution in [0.2, 0.25) is 0 Å². The molecule has 0 aromatic carbocycles. The van der Waals surface area contributed by atoms with Crippen molar-refractivity contribution in [2.75, 3.05) is 18.0 Å². The van der Waals surface area contributed by atoms with Gasteiger partial charge in [-0.1, -0.05) is 0 Å². The van der Waals surface area contributed by atoms with Gasteiger partial charge in [0.1, 0.15) is 0 Å². The number of piperidine rings is 1. The fourth-order valence-electron chi connectivity index (χ4n) is 3.32. The molecule has 1 aliphatic heterocycles. The summed E-state index contributed by atoms with van der Waals surface area (Å²) in [5.74, 6) is 0.323. The molecule has 3 aromatic rings. The zero-order valence-electron chi connectivity index (χ0n) is 14.5. The Hall–Kier alpha value is -3.16. The number of imidazole rings is 1. The molecule has 0 saturated carbocycles. The predicted octanol–water partition coefficient (Wildman–Crippen LogP) is 0.827. The van der Waals surface area contributed by atoms with Crippen molar-refractivity contribution in [1.82, 2.24) is 24.3 Å². The molecular weight excluding hydrogens is 332 g/mol. The molecule has 1 amide bonds. The van der Waals surface area contributed by atoms with E-state index < -0.39 is 0 Å². The maximum atomic E-state index is 12.6. The van der Waals surface area contributed by atoms with E-state index in [1.54, 1.807) is 38.0 Å². The second-order valence-electron chi connectivity index (χ2n) is 6.57. The van der Waals surface area contributed by atoms with Gasteiger partial charge >= 0.3 is 0 Å². The first-order valence-corrected chi connectivity index (χ1v) is 8.61. The van der Waals surface area contributed by atoms with Gasteiger partial charge in [-0.15, -0.1) is 0 Å². The van der Waals surface area contributed by atoms with Gasteiger partial charge in [0.05, 0.1) is 18.0 Å². The Bertz CT molecular complexity index is 1010. The van der Waals surface area contributed by atoms with Crippen LogP contribution < -0.4 is 15.8 Å². The zero-order chi connectivity index (χ0) is 18.1. The molecule has 3 aromatic heterocycles. The van der Waals surface area contributed by atoms with Crippen LogP contribution in [0.3, 0.4) is 0 Å². The van der Waals surface area contributed by atoms with Gasteiger partial charge in [-0.25, -0.2) is 9.97 Å². The van der Waals surface area contributed by atoms with Crippen molar-refractivity contribution in [2.24, 2.45) is 7.05 Å². The van der Waals surface area contributed by atoms with Crippen LogP contribution in [0.5, 0.6) is 0 Å². The number of aromatic nitrogens is 4. The summed E-state index contributed by atoms with van der Waals surface area (Å²) in [4.78, 5) is 35.1. The van der Waals surface area contributed by atoms with Crippen LogP contribution in [0.1, 0.15) is 23.2 Å². The van der Waals surface area contributed by atoms with Crippen molar-refractivity contribution in [2.45, 2.75) is 18.9 Å². The molecule has 0 unspecified atom stereocenters. The van der Waals surface area contributed by atoms with Gasteiger partial charge in [0.15, 0.2) is 5.82 Å². The van der Waals surface area contributed by atoms with Gasteiger partial charge in [-0.3, -0.25) is 9.59 Å². The van der Waals surface area contributed by atoms with Gasteiger partial charge in [0.2, 0.25) is 0 Å². The van der Waals surface area contributed by atoms with E-state index >= 15 is 0 Å². The fourth-order valence-corrected chi connectivity index (χ4v) is 3.32. The summed E-state index contributed by atoms with van der Waals surface area (Å²) in [6.07, 6.45) is 10.3. The molecule has 1 saturated heterocycles. The average molecular weight is 352 g/mol. The number of fused-ring (bicyclic) bond motifs is 1. The third-order valence-electron chi connectivity index (χ3n) is 4.73. The van der Waals surface area contributed by atoms with E-state index in [9.17, 15) is 9.59 Å². The number of nitrogens with one attached hydrogen (secondary N) is 1. The van der Waals surface area contributed by atoms with Crippen LogP contribution in [0, 0.1) is 0 Å². The molecule has 1 fully saturated rings. The molecule has 1 N–H and O–H groups in total. The third kappa shape index (κ3) is 3.05. The van der Waals surface area contributed by atoms with Gasteiger partial charge in [-0.05, 0) is 25.0 Å². The van der Waals surface area contributed by atoms with Crippen LogP contribution in [-0.4, -0.2) is 44.0 Å². The van der Waals surface area contributed by atoms with Crippen molar-refractivity contribution in [1.29, 1.82) is 0 Å². The number of hydrogen-bond acceptors (Lipinski definition) is 5. The quantitative estimate of drug-likeness (QED) is 0.755. The first-order chi connectivity index (χ1) is 12.6. The second kappa shape index (κ2) is 6.62. The van der Waals surface area contributed by atoms with Crippen LogP contribution in [-0.2, 0) is 7.05 Å². The number of carbonyl (C=O) groups excluding carboxylic acids is 1. The van der Waals surface area contributed by atoms with E-state index in [-0.39, 0.29) is 17.5 Å². The van der Waals surface area contributed by atoms with Crippen molar-refractivity contribution in [3.8, 4) is 0 Å². The maximum Gasteiger partial charge on any atom is 0.293 e. The summed E-state index contributed by atoms with van der Waals surface area (Å²) >= 11 is 0. The molecule has 0 aliphatic carbocycles. The molecule has 26 heavy (non-hydrogen) atoms. The van der Waals surface area contributed by atoms with E-state index in [1.165, 1.54) is 4.57 Å². The lowest BCUT2D eigenvalue weighted by molar-refractivity contribution is 0.0933. The van der Waals surface area contributed by atoms with Gasteiger partial charge < -0.3 is 19.2 Å². The first-order valence-electron chi connectivity index (χ1n) is 8.61. The van der Waals surface area contributed by atoms with Crippen molar-refractivity contribution in [3.63, 3.8) is 0 Å². The molecule has 1 atom stereocenters. The summed E-state index contributed by atoms with van der Waals surface area (Å²) < 4.78 is 3.38. The standard InChI is InChI=1S/C18H20N6O2/c1-22-8-5-20-16(18(22)26)23-6-2-3-14(11-23)21-17(25)13-4-7-24-12-19-10-15(24)9-13/h4-5,7-10,12,14H,2-3,6,11H2,1H3,(H,21,25)/t14-/m1/s1. The highest BCUT2D eigenvalue weighted by Gasteiger charge is 2.24. The van der Waals surface area contributed by atoms with Crippen molar-refractivity contribution < 1.29 is 4.79 Å². The lowest BCUT2D eigenvalue weighted by Gasteiger charge is -2.33. The summed E-state index contributed by atoms with van der Waals surface area (Å²) in [7, 11) is 1.71. The highest BCUT2D eigenvalue weighted by molar-refractivity contribution is 5.95. The molecule has 4 heterocycles.